The van der Waals surface area contributed by atoms with Crippen molar-refractivity contribution in [2.24, 2.45) is 4.99 Å². The van der Waals surface area contributed by atoms with Crippen molar-refractivity contribution < 1.29 is 49.5 Å². The Bertz CT molecular complexity index is 1040. The lowest BCUT2D eigenvalue weighted by Crippen LogP contribution is -2.54. The van der Waals surface area contributed by atoms with E-state index in [-0.39, 0.29) is 69.0 Å². The highest BCUT2D eigenvalue weighted by Crippen LogP contribution is 2.30. The number of carboxylic acid groups (broad SMARTS) is 5. The summed E-state index contributed by atoms with van der Waals surface area (Å²) in [5.41, 5.74) is -1.18. The van der Waals surface area contributed by atoms with Gasteiger partial charge in [-0.1, -0.05) is 12.1 Å². The zero-order chi connectivity index (χ0) is 28.2. The maximum absolute atomic E-state index is 12.4. The molecule has 0 aliphatic carbocycles. The van der Waals surface area contributed by atoms with Gasteiger partial charge in [-0.3, -0.25) is 33.9 Å². The van der Waals surface area contributed by atoms with Crippen LogP contribution in [0.2, 0.25) is 0 Å². The average molecular weight is 650 g/mol. The highest BCUT2D eigenvalue weighted by atomic mass is 35.5. The third-order valence-electron chi connectivity index (χ3n) is 5.47. The second-order valence-electron chi connectivity index (χ2n) is 8.11. The molecule has 0 aliphatic heterocycles. The van der Waals surface area contributed by atoms with E-state index < -0.39 is 61.6 Å². The maximum Gasteiger partial charge on any atom is 0.328 e. The van der Waals surface area contributed by atoms with Gasteiger partial charge in [0, 0.05) is 26.2 Å². The average Bonchev–Trinajstić information content (AvgIpc) is 2.78. The third kappa shape index (κ3) is 14.0. The number of carbonyl (C=O) groups is 5. The van der Waals surface area contributed by atoms with E-state index in [0.717, 1.165) is 9.80 Å². The van der Waals surface area contributed by atoms with E-state index in [1.165, 1.54) is 36.1 Å². The number of isothiocyanates is 1. The van der Waals surface area contributed by atoms with E-state index in [1.54, 1.807) is 0 Å². The molecule has 226 valence electrons. The van der Waals surface area contributed by atoms with Crippen LogP contribution in [0.3, 0.4) is 0 Å². The number of aliphatic imine (C=N–C) groups is 1. The minimum absolute atomic E-state index is 0. The Hall–Kier alpha value is -2.88. The molecule has 18 heteroatoms. The van der Waals surface area contributed by atoms with Gasteiger partial charge in [-0.25, -0.2) is 4.79 Å². The fraction of sp³-hybridized carbons (Fsp3) is 0.455. The first-order chi connectivity index (χ1) is 17.3. The highest BCUT2D eigenvalue weighted by Gasteiger charge is 2.42. The van der Waals surface area contributed by atoms with Crippen molar-refractivity contribution in [1.29, 1.82) is 0 Å². The quantitative estimate of drug-likeness (QED) is 0.112. The standard InChI is InChI=1S/C22H28N4O10S.3ClH/c1-22(21(35)36,15-2-4-16(5-3-15)23-14-37)26(13-20(33)34)9-8-24(10-17(27)28)6-7-25(11-18(29)30)12-19(31)32;;;/h2-5H,6-13H2,1H3,(H,27,28)(H,29,30)(H,31,32)(H,33,34)(H,35,36);3*1H/t22-;;;/m1.../s1. The summed E-state index contributed by atoms with van der Waals surface area (Å²) < 4.78 is 0. The predicted molar refractivity (Wildman–Crippen MR) is 153 cm³/mol. The van der Waals surface area contributed by atoms with Crippen molar-refractivity contribution >= 4 is 90.1 Å². The molecular formula is C22H31Cl3N4O10S. The number of halogens is 3. The molecule has 0 radical (unpaired) electrons. The van der Waals surface area contributed by atoms with Crippen molar-refractivity contribution in [3.05, 3.63) is 29.8 Å². The van der Waals surface area contributed by atoms with Crippen LogP contribution in [0.5, 0.6) is 0 Å². The summed E-state index contributed by atoms with van der Waals surface area (Å²) >= 11 is 4.55. The number of thiocarbonyl (C=S) groups is 1. The smallest absolute Gasteiger partial charge is 0.328 e. The van der Waals surface area contributed by atoms with Crippen LogP contribution >= 0.6 is 49.4 Å². The molecule has 1 rings (SSSR count). The summed E-state index contributed by atoms with van der Waals surface area (Å²) in [7, 11) is 0. The van der Waals surface area contributed by atoms with E-state index in [2.05, 4.69) is 22.4 Å². The van der Waals surface area contributed by atoms with Crippen LogP contribution in [-0.4, -0.2) is 128 Å². The van der Waals surface area contributed by atoms with Crippen LogP contribution in [0.1, 0.15) is 12.5 Å². The fourth-order valence-corrected chi connectivity index (χ4v) is 3.69. The molecule has 1 aromatic rings. The van der Waals surface area contributed by atoms with Gasteiger partial charge < -0.3 is 25.5 Å². The Labute approximate surface area is 253 Å². The zero-order valence-electron chi connectivity index (χ0n) is 21.2. The third-order valence-corrected chi connectivity index (χ3v) is 5.57. The van der Waals surface area contributed by atoms with Gasteiger partial charge in [0.2, 0.25) is 0 Å². The molecule has 1 atom stereocenters. The summed E-state index contributed by atoms with van der Waals surface area (Å²) in [5.74, 6) is -6.42. The van der Waals surface area contributed by atoms with Crippen LogP contribution in [0.25, 0.3) is 0 Å². The monoisotopic (exact) mass is 648 g/mol. The molecule has 0 aliphatic rings. The summed E-state index contributed by atoms with van der Waals surface area (Å²) in [4.78, 5) is 64.8. The van der Waals surface area contributed by atoms with Gasteiger partial charge in [0.25, 0.3) is 0 Å². The van der Waals surface area contributed by atoms with Crippen molar-refractivity contribution in [1.82, 2.24) is 14.7 Å². The van der Waals surface area contributed by atoms with Crippen molar-refractivity contribution in [2.45, 2.75) is 12.5 Å². The van der Waals surface area contributed by atoms with Gasteiger partial charge in [0.15, 0.2) is 0 Å². The van der Waals surface area contributed by atoms with Crippen molar-refractivity contribution in [3.63, 3.8) is 0 Å². The van der Waals surface area contributed by atoms with Crippen LogP contribution in [0.4, 0.5) is 5.69 Å². The number of hydrogen-bond acceptors (Lipinski definition) is 10. The molecule has 0 saturated carbocycles. The Morgan fingerprint density at radius 2 is 1.12 bits per heavy atom. The van der Waals surface area contributed by atoms with Crippen LogP contribution in [0.15, 0.2) is 29.3 Å². The molecule has 0 heterocycles. The van der Waals surface area contributed by atoms with E-state index in [4.69, 9.17) is 10.2 Å². The summed E-state index contributed by atoms with van der Waals surface area (Å²) in [5, 5.41) is 49.0. The van der Waals surface area contributed by atoms with Crippen LogP contribution < -0.4 is 0 Å². The van der Waals surface area contributed by atoms with Crippen LogP contribution in [-0.2, 0) is 29.5 Å². The molecular weight excluding hydrogens is 619 g/mol. The number of rotatable bonds is 18. The van der Waals surface area contributed by atoms with Gasteiger partial charge in [0.1, 0.15) is 5.54 Å². The molecule has 0 unspecified atom stereocenters. The first-order valence-electron chi connectivity index (χ1n) is 10.8. The number of hydrogen-bond donors (Lipinski definition) is 5. The number of carboxylic acids is 5. The highest BCUT2D eigenvalue weighted by molar-refractivity contribution is 7.78. The molecule has 0 saturated heterocycles. The lowest BCUT2D eigenvalue weighted by molar-refractivity contribution is -0.155. The Morgan fingerprint density at radius 3 is 1.52 bits per heavy atom. The Balaban J connectivity index is -0.00000456. The molecule has 14 nitrogen and oxygen atoms in total. The first kappa shape index (κ1) is 41.6. The van der Waals surface area contributed by atoms with E-state index in [1.807, 2.05) is 0 Å². The zero-order valence-corrected chi connectivity index (χ0v) is 24.4. The molecule has 5 N–H and O–H groups in total. The second kappa shape index (κ2) is 20.1. The molecule has 40 heavy (non-hydrogen) atoms. The fourth-order valence-electron chi connectivity index (χ4n) is 3.58. The van der Waals surface area contributed by atoms with Crippen molar-refractivity contribution in [3.8, 4) is 0 Å². The summed E-state index contributed by atoms with van der Waals surface area (Å²) in [6.45, 7) is -1.54. The lowest BCUT2D eigenvalue weighted by atomic mass is 9.89. The predicted octanol–water partition coefficient (Wildman–Crippen LogP) is 1.23. The topological polar surface area (TPSA) is 209 Å². The van der Waals surface area contributed by atoms with Crippen LogP contribution in [0, 0.1) is 0 Å². The SMILES string of the molecule is C[C@](C(=O)O)(c1ccc(N=C=S)cc1)N(CCN(CCN(CC(=O)O)CC(=O)O)CC(=O)O)CC(=O)O.Cl.Cl.Cl. The van der Waals surface area contributed by atoms with Gasteiger partial charge in [-0.05, 0) is 36.8 Å². The first-order valence-corrected chi connectivity index (χ1v) is 11.2. The molecule has 0 aromatic heterocycles. The van der Waals surface area contributed by atoms with Gasteiger partial charge in [-0.15, -0.1) is 37.2 Å². The molecule has 0 fully saturated rings. The summed E-state index contributed by atoms with van der Waals surface area (Å²) in [6.07, 6.45) is 0. The summed E-state index contributed by atoms with van der Waals surface area (Å²) in [6, 6.07) is 5.90. The molecule has 0 amide bonds. The van der Waals surface area contributed by atoms with E-state index in [9.17, 15) is 39.3 Å². The molecule has 1 aromatic carbocycles. The minimum Gasteiger partial charge on any atom is -0.480 e. The van der Waals surface area contributed by atoms with E-state index in [0.29, 0.717) is 5.69 Å². The second-order valence-corrected chi connectivity index (χ2v) is 8.29. The lowest BCUT2D eigenvalue weighted by Gasteiger charge is -2.38. The van der Waals surface area contributed by atoms with Gasteiger partial charge in [0.05, 0.1) is 37.0 Å². The van der Waals surface area contributed by atoms with Gasteiger partial charge in [-0.2, -0.15) is 4.99 Å². The maximum atomic E-state index is 12.4. The number of benzene rings is 1. The minimum atomic E-state index is -1.83. The number of aliphatic carboxylic acids is 5. The normalized spacial score (nSPS) is 11.7. The Morgan fingerprint density at radius 1 is 0.725 bits per heavy atom. The molecule has 0 bridgehead atoms. The van der Waals surface area contributed by atoms with Gasteiger partial charge >= 0.3 is 29.8 Å². The Kier molecular flexibility index (Phi) is 20.9. The largest absolute Gasteiger partial charge is 0.480 e. The van der Waals surface area contributed by atoms with E-state index >= 15 is 0 Å². The number of nitrogens with zero attached hydrogens (tertiary/aromatic N) is 4. The van der Waals surface area contributed by atoms with Crippen molar-refractivity contribution in [2.75, 3.05) is 52.4 Å². The molecule has 0 spiro atoms.